The van der Waals surface area contributed by atoms with Crippen LogP contribution in [-0.4, -0.2) is 0 Å². The minimum Gasteiger partial charge on any atom is -0.455 e. The fourth-order valence-electron chi connectivity index (χ4n) is 18.7. The number of aryl methyl sites for hydroxylation is 11. The molecule has 0 spiro atoms. The summed E-state index contributed by atoms with van der Waals surface area (Å²) in [7, 11) is 8.41. The number of furan rings is 4. The lowest BCUT2D eigenvalue weighted by Gasteiger charge is -2.20. The molecule has 0 aliphatic rings. The number of benzene rings is 12. The van der Waals surface area contributed by atoms with E-state index in [4.69, 9.17) is 17.7 Å². The Morgan fingerprint density at radius 3 is 1.07 bits per heavy atom. The monoisotopic (exact) mass is 1630 g/mol. The molecule has 8 nitrogen and oxygen atoms in total. The molecule has 8 aromatic heterocycles. The molecule has 123 heavy (non-hydrogen) atoms. The van der Waals surface area contributed by atoms with Crippen molar-refractivity contribution in [1.82, 2.24) is 0 Å². The summed E-state index contributed by atoms with van der Waals surface area (Å²) < 4.78 is 89.6. The van der Waals surface area contributed by atoms with Crippen LogP contribution in [-0.2, 0) is 41.0 Å². The Balaban J connectivity index is 0.000000117. The van der Waals surface area contributed by atoms with Crippen LogP contribution in [0.15, 0.2) is 224 Å². The first kappa shape index (κ1) is 82.5. The van der Waals surface area contributed by atoms with Crippen LogP contribution in [0.1, 0.15) is 132 Å². The molecule has 0 N–H and O–H groups in total. The Kier molecular flexibility index (Phi) is 21.2. The van der Waals surface area contributed by atoms with Gasteiger partial charge in [-0.2, -0.15) is 18.3 Å². The van der Waals surface area contributed by atoms with E-state index in [1.807, 2.05) is 55.6 Å². The third-order valence-electron chi connectivity index (χ3n) is 25.6. The van der Waals surface area contributed by atoms with Crippen molar-refractivity contribution in [3.63, 3.8) is 0 Å². The van der Waals surface area contributed by atoms with Gasteiger partial charge in [-0.15, -0.1) is 0 Å². The van der Waals surface area contributed by atoms with Crippen LogP contribution in [0.2, 0.25) is 0 Å². The first-order chi connectivity index (χ1) is 58.6. The van der Waals surface area contributed by atoms with E-state index in [1.54, 1.807) is 6.07 Å². The van der Waals surface area contributed by atoms with Crippen molar-refractivity contribution >= 4 is 131 Å². The summed E-state index contributed by atoms with van der Waals surface area (Å²) in [5, 5.41) is 12.9. The summed E-state index contributed by atoms with van der Waals surface area (Å²) >= 11 is 0. The van der Waals surface area contributed by atoms with Gasteiger partial charge in [0.2, 0.25) is 44.8 Å². The summed E-state index contributed by atoms with van der Waals surface area (Å²) in [5.41, 5.74) is 36.9. The van der Waals surface area contributed by atoms with Gasteiger partial charge in [0.05, 0.1) is 22.3 Å². The standard InChI is InChI=1S/C30H31FNO.C29H29FNO.C28H27FNO.C24H19FNO/c1-17-8-10-22-20(16-30(4,5)6)14-26(32(7)25(22)12-17)28-19(3)18(2)13-24-23-11-9-21(31)15-27(23)33-29(24)28;1-16(2)11-20-14-26(31(6)25-12-17(3)7-9-22(20)25)28-19(5)18(4)13-24-23-10-8-21(30)15-27(23)32-29(24)28;1-15(2)22-14-25(30(6)24-11-16(3)7-9-20(22)24)27-18(5)17(4)12-23-21-10-8-19(29)13-26(21)31-28(23)27;1-14-12-19-18-6-4-5-7-22(18)27-24(19)23(15(14)2)21-10-8-16-13-17(25)9-11-20(16)26(21)3/h8-15H,16H2,1-7H3;7-10,12-16H,11H2,1-6H3;7-15H,1-6H3;4-13H,1-3H3/q4*+1. The van der Waals surface area contributed by atoms with Crippen molar-refractivity contribution in [2.24, 2.45) is 39.5 Å². The van der Waals surface area contributed by atoms with E-state index in [-0.39, 0.29) is 28.7 Å². The van der Waals surface area contributed by atoms with Crippen LogP contribution < -0.4 is 18.3 Å². The second kappa shape index (κ2) is 31.6. The van der Waals surface area contributed by atoms with Crippen molar-refractivity contribution in [3.8, 4) is 45.0 Å². The second-order valence-corrected chi connectivity index (χ2v) is 36.4. The average molecular weight is 1640 g/mol. The summed E-state index contributed by atoms with van der Waals surface area (Å²) in [6.45, 7) is 39.4. The highest BCUT2D eigenvalue weighted by atomic mass is 19.1. The molecule has 12 heteroatoms. The zero-order chi connectivity index (χ0) is 87.1. The van der Waals surface area contributed by atoms with E-state index in [2.05, 4.69) is 273 Å². The van der Waals surface area contributed by atoms with E-state index in [0.29, 0.717) is 28.6 Å². The van der Waals surface area contributed by atoms with Gasteiger partial charge in [0.25, 0.3) is 0 Å². The zero-order valence-electron chi connectivity index (χ0n) is 74.6. The number of para-hydroxylation sites is 1. The smallest absolute Gasteiger partial charge is 0.217 e. The third-order valence-corrected chi connectivity index (χ3v) is 25.6. The normalized spacial score (nSPS) is 12.0. The van der Waals surface area contributed by atoms with E-state index < -0.39 is 0 Å². The number of nitrogens with zero attached hydrogens (tertiary/aromatic N) is 4. The largest absolute Gasteiger partial charge is 0.455 e. The van der Waals surface area contributed by atoms with Gasteiger partial charge in [-0.1, -0.05) is 84.9 Å². The molecule has 0 saturated carbocycles. The van der Waals surface area contributed by atoms with Crippen LogP contribution in [0.4, 0.5) is 17.6 Å². The van der Waals surface area contributed by atoms with Crippen molar-refractivity contribution in [2.45, 2.75) is 143 Å². The molecule has 8 heterocycles. The molecule has 0 unspecified atom stereocenters. The van der Waals surface area contributed by atoms with Crippen molar-refractivity contribution in [2.75, 3.05) is 0 Å². The molecular weight excluding hydrogens is 1530 g/mol. The maximum Gasteiger partial charge on any atom is 0.217 e. The minimum absolute atomic E-state index is 0.156. The van der Waals surface area contributed by atoms with E-state index in [9.17, 15) is 17.6 Å². The molecule has 0 aliphatic carbocycles. The first-order valence-corrected chi connectivity index (χ1v) is 42.7. The third kappa shape index (κ3) is 14.8. The Hall–Kier alpha value is -12.8. The summed E-state index contributed by atoms with van der Waals surface area (Å²) in [5.74, 6) is -0.131. The highest BCUT2D eigenvalue weighted by molar-refractivity contribution is 6.14. The number of fused-ring (bicyclic) bond motifs is 16. The lowest BCUT2D eigenvalue weighted by atomic mass is 9.85. The maximum atomic E-state index is 14.0. The zero-order valence-corrected chi connectivity index (χ0v) is 74.6. The number of halogens is 4. The van der Waals surface area contributed by atoms with Crippen molar-refractivity contribution in [3.05, 3.63) is 307 Å². The molecule has 20 rings (SSSR count). The predicted octanol–water partition coefficient (Wildman–Crippen LogP) is 28.8. The fourth-order valence-corrected chi connectivity index (χ4v) is 18.7. The fraction of sp³-hybridized carbons (Fsp3) is 0.243. The van der Waals surface area contributed by atoms with E-state index >= 15 is 0 Å². The number of rotatable bonds is 8. The van der Waals surface area contributed by atoms with Gasteiger partial charge in [0, 0.05) is 131 Å². The molecule has 0 atom stereocenters. The molecule has 0 aliphatic heterocycles. The Labute approximate surface area is 715 Å². The molecule has 0 amide bonds. The van der Waals surface area contributed by atoms with Gasteiger partial charge in [0.15, 0.2) is 0 Å². The van der Waals surface area contributed by atoms with Gasteiger partial charge in [-0.05, 0) is 287 Å². The number of hydrogen-bond acceptors (Lipinski definition) is 4. The van der Waals surface area contributed by atoms with Crippen LogP contribution in [0.3, 0.4) is 0 Å². The van der Waals surface area contributed by atoms with Crippen LogP contribution in [0.25, 0.3) is 176 Å². The van der Waals surface area contributed by atoms with Gasteiger partial charge in [-0.25, -0.2) is 17.6 Å². The van der Waals surface area contributed by atoms with Gasteiger partial charge in [-0.3, -0.25) is 0 Å². The molecule has 0 fully saturated rings. The number of aromatic nitrogens is 4. The molecule has 20 aromatic rings. The number of pyridine rings is 4. The maximum absolute atomic E-state index is 14.0. The quantitative estimate of drug-likeness (QED) is 0.112. The highest BCUT2D eigenvalue weighted by Crippen LogP contribution is 2.46. The summed E-state index contributed by atoms with van der Waals surface area (Å²) in [4.78, 5) is 0. The van der Waals surface area contributed by atoms with Crippen LogP contribution >= 0.6 is 0 Å². The Morgan fingerprint density at radius 1 is 0.301 bits per heavy atom. The SMILES string of the molecule is Cc1cc2c(oc3ccccc32)c(-c2ccc3cc(F)ccc3[n+]2C)c1C.Cc1ccc2c(C(C)C)cc(-c3c(C)c(C)cc4c3oc3cc(F)ccc34)[n+](C)c2c1.Cc1ccc2c(CC(C)(C)C)cc(-c3c(C)c(C)cc4c3oc3cc(F)ccc34)[n+](C)c2c1.Cc1ccc2c(CC(C)C)cc(-c3c(C)c(C)cc4c3oc3cc(F)ccc34)[n+](C)c2c1. The molecule has 618 valence electrons. The average Bonchev–Trinajstić information content (AvgIpc) is 1.62. The minimum atomic E-state index is -0.282. The van der Waals surface area contributed by atoms with Crippen molar-refractivity contribution < 1.29 is 53.5 Å². The Bertz CT molecular complexity index is 7790. The number of hydrogen-bond donors (Lipinski definition) is 0. The van der Waals surface area contributed by atoms with E-state index in [1.165, 1.54) is 153 Å². The lowest BCUT2D eigenvalue weighted by Crippen LogP contribution is -2.33. The van der Waals surface area contributed by atoms with Crippen LogP contribution in [0.5, 0.6) is 0 Å². The topological polar surface area (TPSA) is 68.1 Å². The molecular formula is C111H106F4N4O4+4. The van der Waals surface area contributed by atoms with Crippen LogP contribution in [0, 0.1) is 111 Å². The van der Waals surface area contributed by atoms with Crippen molar-refractivity contribution in [1.29, 1.82) is 0 Å². The first-order valence-electron chi connectivity index (χ1n) is 42.7. The molecule has 12 aromatic carbocycles. The predicted molar refractivity (Wildman–Crippen MR) is 499 cm³/mol. The summed E-state index contributed by atoms with van der Waals surface area (Å²) in [6, 6.07) is 67.2. The summed E-state index contributed by atoms with van der Waals surface area (Å²) in [6.07, 6.45) is 1.98. The molecule has 0 radical (unpaired) electrons. The Morgan fingerprint density at radius 2 is 0.642 bits per heavy atom. The second-order valence-electron chi connectivity index (χ2n) is 36.4. The molecule has 0 saturated heterocycles. The van der Waals surface area contributed by atoms with Gasteiger partial charge in [0.1, 0.15) is 96.1 Å². The van der Waals surface area contributed by atoms with Gasteiger partial charge < -0.3 is 17.7 Å². The highest BCUT2D eigenvalue weighted by Gasteiger charge is 2.32. The van der Waals surface area contributed by atoms with Gasteiger partial charge >= 0.3 is 0 Å². The molecule has 0 bridgehead atoms. The lowest BCUT2D eigenvalue weighted by molar-refractivity contribution is -0.633. The van der Waals surface area contributed by atoms with E-state index in [0.717, 1.165) is 140 Å².